The predicted molar refractivity (Wildman–Crippen MR) is 81.6 cm³/mol. The highest BCUT2D eigenvalue weighted by Crippen LogP contribution is 2.37. The Kier molecular flexibility index (Phi) is 3.44. The lowest BCUT2D eigenvalue weighted by atomic mass is 9.80. The lowest BCUT2D eigenvalue weighted by Gasteiger charge is -2.26. The van der Waals surface area contributed by atoms with Crippen molar-refractivity contribution >= 4 is 27.4 Å². The Hall–Kier alpha value is -1.16. The van der Waals surface area contributed by atoms with Crippen molar-refractivity contribution in [2.75, 3.05) is 5.73 Å². The molecule has 1 aliphatic carbocycles. The van der Waals surface area contributed by atoms with Gasteiger partial charge in [-0.05, 0) is 44.6 Å². The van der Waals surface area contributed by atoms with Crippen molar-refractivity contribution in [3.63, 3.8) is 0 Å². The van der Waals surface area contributed by atoms with Crippen LogP contribution in [0, 0.1) is 12.8 Å². The molecule has 3 nitrogen and oxygen atoms in total. The predicted octanol–water partition coefficient (Wildman–Crippen LogP) is 4.27. The second kappa shape index (κ2) is 5.08. The number of nitrogens with two attached hydrogens (primary N) is 1. The number of aryl methyl sites for hydroxylation is 1. The van der Waals surface area contributed by atoms with E-state index in [4.69, 9.17) is 10.7 Å². The maximum absolute atomic E-state index is 6.09. The van der Waals surface area contributed by atoms with Gasteiger partial charge in [-0.25, -0.2) is 9.97 Å². The summed E-state index contributed by atoms with van der Waals surface area (Å²) in [6.07, 6.45) is 6.36. The van der Waals surface area contributed by atoms with Crippen LogP contribution in [0.3, 0.4) is 0 Å². The van der Waals surface area contributed by atoms with E-state index in [9.17, 15) is 0 Å². The Balaban J connectivity index is 1.89. The Morgan fingerprint density at radius 2 is 2.00 bits per heavy atom. The number of thiophene rings is 1. The van der Waals surface area contributed by atoms with Crippen molar-refractivity contribution in [2.24, 2.45) is 5.92 Å². The van der Waals surface area contributed by atoms with E-state index in [-0.39, 0.29) is 0 Å². The summed E-state index contributed by atoms with van der Waals surface area (Å²) in [5, 5.41) is 1.02. The van der Waals surface area contributed by atoms with Crippen LogP contribution in [0.1, 0.15) is 55.6 Å². The zero-order valence-electron chi connectivity index (χ0n) is 11.6. The van der Waals surface area contributed by atoms with E-state index in [2.05, 4.69) is 24.9 Å². The molecule has 0 unspecified atom stereocenters. The van der Waals surface area contributed by atoms with Crippen LogP contribution in [0.25, 0.3) is 10.2 Å². The van der Waals surface area contributed by atoms with Crippen LogP contribution in [0.4, 0.5) is 5.82 Å². The summed E-state index contributed by atoms with van der Waals surface area (Å²) in [4.78, 5) is 11.6. The van der Waals surface area contributed by atoms with Crippen molar-refractivity contribution in [3.05, 3.63) is 16.8 Å². The molecule has 0 spiro atoms. The van der Waals surface area contributed by atoms with E-state index in [1.807, 2.05) is 0 Å². The highest BCUT2D eigenvalue weighted by molar-refractivity contribution is 7.18. The number of nitrogens with zero attached hydrogens (tertiary/aromatic N) is 2. The fourth-order valence-corrected chi connectivity index (χ4v) is 3.99. The lowest BCUT2D eigenvalue weighted by Crippen LogP contribution is -2.15. The zero-order valence-corrected chi connectivity index (χ0v) is 12.5. The lowest BCUT2D eigenvalue weighted by molar-refractivity contribution is 0.312. The number of nitrogen functional groups attached to an aromatic ring is 1. The first kappa shape index (κ1) is 12.9. The fourth-order valence-electron chi connectivity index (χ4n) is 3.09. The Labute approximate surface area is 118 Å². The third-order valence-corrected chi connectivity index (χ3v) is 5.30. The SMILES string of the molecule is CCC1CCC(c2nc(N)c3cc(C)sc3n2)CC1. The van der Waals surface area contributed by atoms with Crippen LogP contribution in [0.2, 0.25) is 0 Å². The molecule has 0 atom stereocenters. The highest BCUT2D eigenvalue weighted by Gasteiger charge is 2.24. The summed E-state index contributed by atoms with van der Waals surface area (Å²) in [6.45, 7) is 4.39. The zero-order chi connectivity index (χ0) is 13.4. The van der Waals surface area contributed by atoms with Gasteiger partial charge in [0.25, 0.3) is 0 Å². The van der Waals surface area contributed by atoms with Crippen LogP contribution in [-0.2, 0) is 0 Å². The molecule has 2 N–H and O–H groups in total. The minimum Gasteiger partial charge on any atom is -0.383 e. The van der Waals surface area contributed by atoms with Gasteiger partial charge in [-0.3, -0.25) is 0 Å². The highest BCUT2D eigenvalue weighted by atomic mass is 32.1. The van der Waals surface area contributed by atoms with Crippen LogP contribution in [-0.4, -0.2) is 9.97 Å². The molecule has 19 heavy (non-hydrogen) atoms. The van der Waals surface area contributed by atoms with Crippen LogP contribution >= 0.6 is 11.3 Å². The molecular formula is C15H21N3S. The minimum atomic E-state index is 0.511. The first-order chi connectivity index (χ1) is 9.17. The molecule has 0 aromatic carbocycles. The van der Waals surface area contributed by atoms with Gasteiger partial charge in [-0.15, -0.1) is 11.3 Å². The van der Waals surface area contributed by atoms with Gasteiger partial charge in [-0.1, -0.05) is 13.3 Å². The van der Waals surface area contributed by atoms with Gasteiger partial charge in [0, 0.05) is 10.8 Å². The molecule has 1 saturated carbocycles. The molecule has 1 fully saturated rings. The summed E-state index contributed by atoms with van der Waals surface area (Å²) in [6, 6.07) is 2.09. The molecule has 0 radical (unpaired) electrons. The largest absolute Gasteiger partial charge is 0.383 e. The molecule has 1 aliphatic rings. The van der Waals surface area contributed by atoms with E-state index in [0.29, 0.717) is 11.7 Å². The van der Waals surface area contributed by atoms with Crippen molar-refractivity contribution in [2.45, 2.75) is 51.9 Å². The van der Waals surface area contributed by atoms with Gasteiger partial charge in [-0.2, -0.15) is 0 Å². The Morgan fingerprint density at radius 1 is 1.26 bits per heavy atom. The molecule has 2 aromatic rings. The standard InChI is InChI=1S/C15H21N3S/c1-3-10-4-6-11(7-5-10)14-17-13(16)12-8-9(2)19-15(12)18-14/h8,10-11H,3-7H2,1-2H3,(H2,16,17,18). The van der Waals surface area contributed by atoms with Gasteiger partial charge in [0.15, 0.2) is 0 Å². The molecule has 0 bridgehead atoms. The summed E-state index contributed by atoms with van der Waals surface area (Å²) in [5.74, 6) is 3.04. The molecule has 3 rings (SSSR count). The quantitative estimate of drug-likeness (QED) is 0.890. The number of aromatic nitrogens is 2. The Morgan fingerprint density at radius 3 is 2.68 bits per heavy atom. The first-order valence-electron chi connectivity index (χ1n) is 7.21. The van der Waals surface area contributed by atoms with E-state index in [0.717, 1.165) is 22.0 Å². The fraction of sp³-hybridized carbons (Fsp3) is 0.600. The van der Waals surface area contributed by atoms with Crippen molar-refractivity contribution in [3.8, 4) is 0 Å². The number of hydrogen-bond acceptors (Lipinski definition) is 4. The maximum atomic E-state index is 6.09. The monoisotopic (exact) mass is 275 g/mol. The van der Waals surface area contributed by atoms with E-state index in [1.165, 1.54) is 37.0 Å². The normalized spacial score (nSPS) is 23.9. The van der Waals surface area contributed by atoms with E-state index < -0.39 is 0 Å². The average molecular weight is 275 g/mol. The van der Waals surface area contributed by atoms with E-state index >= 15 is 0 Å². The van der Waals surface area contributed by atoms with Gasteiger partial charge in [0.05, 0.1) is 5.39 Å². The molecule has 0 saturated heterocycles. The van der Waals surface area contributed by atoms with Gasteiger partial charge in [0.2, 0.25) is 0 Å². The second-order valence-corrected chi connectivity index (χ2v) is 6.90. The van der Waals surface area contributed by atoms with Gasteiger partial charge >= 0.3 is 0 Å². The first-order valence-corrected chi connectivity index (χ1v) is 8.02. The molecule has 0 amide bonds. The van der Waals surface area contributed by atoms with Crippen LogP contribution in [0.5, 0.6) is 0 Å². The van der Waals surface area contributed by atoms with Crippen molar-refractivity contribution in [1.29, 1.82) is 0 Å². The third-order valence-electron chi connectivity index (χ3n) is 4.35. The molecule has 102 valence electrons. The van der Waals surface area contributed by atoms with Gasteiger partial charge in [0.1, 0.15) is 16.5 Å². The van der Waals surface area contributed by atoms with E-state index in [1.54, 1.807) is 11.3 Å². The minimum absolute atomic E-state index is 0.511. The smallest absolute Gasteiger partial charge is 0.135 e. The number of anilines is 1. The average Bonchev–Trinajstić information content (AvgIpc) is 2.80. The van der Waals surface area contributed by atoms with Crippen LogP contribution in [0.15, 0.2) is 6.07 Å². The Bertz CT molecular complexity index is 582. The number of fused-ring (bicyclic) bond motifs is 1. The van der Waals surface area contributed by atoms with Crippen LogP contribution < -0.4 is 5.73 Å². The van der Waals surface area contributed by atoms with Crippen molar-refractivity contribution < 1.29 is 0 Å². The number of rotatable bonds is 2. The summed E-state index contributed by atoms with van der Waals surface area (Å²) < 4.78 is 0. The molecular weight excluding hydrogens is 254 g/mol. The van der Waals surface area contributed by atoms with Crippen molar-refractivity contribution in [1.82, 2.24) is 9.97 Å². The van der Waals surface area contributed by atoms with Gasteiger partial charge < -0.3 is 5.73 Å². The molecule has 2 heterocycles. The topological polar surface area (TPSA) is 51.8 Å². The molecule has 2 aromatic heterocycles. The summed E-state index contributed by atoms with van der Waals surface area (Å²) >= 11 is 1.72. The summed E-state index contributed by atoms with van der Waals surface area (Å²) in [5.41, 5.74) is 6.09. The second-order valence-electron chi connectivity index (χ2n) is 5.67. The molecule has 4 heteroatoms. The number of hydrogen-bond donors (Lipinski definition) is 1. The maximum Gasteiger partial charge on any atom is 0.135 e. The summed E-state index contributed by atoms with van der Waals surface area (Å²) in [7, 11) is 0. The third kappa shape index (κ3) is 2.46. The molecule has 0 aliphatic heterocycles.